The molecule has 0 spiro atoms. The number of nitrogens with one attached hydrogen (secondary N) is 1. The number of aliphatic hydroxyl groups is 1. The zero-order valence-electron chi connectivity index (χ0n) is 8.87. The summed E-state index contributed by atoms with van der Waals surface area (Å²) < 4.78 is 0. The lowest BCUT2D eigenvalue weighted by Crippen LogP contribution is -2.33. The van der Waals surface area contributed by atoms with Gasteiger partial charge in [-0.25, -0.2) is 0 Å². The van der Waals surface area contributed by atoms with Crippen LogP contribution in [0.5, 0.6) is 0 Å². The maximum absolute atomic E-state index is 9.12. The second kappa shape index (κ2) is 6.00. The minimum absolute atomic E-state index is 0.278. The van der Waals surface area contributed by atoms with Gasteiger partial charge in [0.2, 0.25) is 0 Å². The molecule has 0 radical (unpaired) electrons. The third-order valence-electron chi connectivity index (χ3n) is 3.18. The Hall–Kier alpha value is -0.590. The van der Waals surface area contributed by atoms with E-state index in [0.29, 0.717) is 24.9 Å². The number of aliphatic hydroxyl groups excluding tert-OH is 1. The van der Waals surface area contributed by atoms with E-state index in [1.807, 2.05) is 6.92 Å². The molecule has 3 heteroatoms. The molecule has 0 aromatic carbocycles. The first-order valence-electron chi connectivity index (χ1n) is 5.49. The van der Waals surface area contributed by atoms with Gasteiger partial charge in [0.05, 0.1) is 12.5 Å². The Kier molecular flexibility index (Phi) is 4.92. The summed E-state index contributed by atoms with van der Waals surface area (Å²) in [5.41, 5.74) is 0. The summed E-state index contributed by atoms with van der Waals surface area (Å²) in [4.78, 5) is 0. The summed E-state index contributed by atoms with van der Waals surface area (Å²) in [6.07, 6.45) is 4.19. The summed E-state index contributed by atoms with van der Waals surface area (Å²) in [5, 5.41) is 21.0. The zero-order valence-corrected chi connectivity index (χ0v) is 8.87. The van der Waals surface area contributed by atoms with Gasteiger partial charge in [0, 0.05) is 12.6 Å². The molecule has 1 fully saturated rings. The van der Waals surface area contributed by atoms with E-state index in [9.17, 15) is 0 Å². The quantitative estimate of drug-likeness (QED) is 0.696. The molecule has 0 amide bonds. The lowest BCUT2D eigenvalue weighted by atomic mass is 9.96. The van der Waals surface area contributed by atoms with Crippen LogP contribution in [-0.2, 0) is 0 Å². The van der Waals surface area contributed by atoms with E-state index in [0.717, 1.165) is 13.0 Å². The molecule has 80 valence electrons. The van der Waals surface area contributed by atoms with Crippen LogP contribution in [0, 0.1) is 23.2 Å². The first-order chi connectivity index (χ1) is 6.77. The number of nitriles is 1. The second-order valence-electron chi connectivity index (χ2n) is 4.31. The number of rotatable bonds is 5. The van der Waals surface area contributed by atoms with Crippen molar-refractivity contribution in [2.24, 2.45) is 11.8 Å². The molecule has 1 aliphatic carbocycles. The molecular weight excluding hydrogens is 176 g/mol. The highest BCUT2D eigenvalue weighted by Crippen LogP contribution is 2.30. The predicted molar refractivity (Wildman–Crippen MR) is 55.6 cm³/mol. The molecule has 3 unspecified atom stereocenters. The van der Waals surface area contributed by atoms with E-state index in [1.54, 1.807) is 0 Å². The molecule has 1 aliphatic rings. The molecule has 0 aromatic heterocycles. The van der Waals surface area contributed by atoms with Gasteiger partial charge < -0.3 is 10.4 Å². The molecular formula is C11H20N2O. The van der Waals surface area contributed by atoms with Crippen molar-refractivity contribution in [2.45, 2.75) is 38.6 Å². The first-order valence-corrected chi connectivity index (χ1v) is 5.49. The van der Waals surface area contributed by atoms with Gasteiger partial charge in [-0.05, 0) is 38.1 Å². The topological polar surface area (TPSA) is 56.0 Å². The Morgan fingerprint density at radius 1 is 1.50 bits per heavy atom. The summed E-state index contributed by atoms with van der Waals surface area (Å²) in [7, 11) is 0. The van der Waals surface area contributed by atoms with E-state index in [-0.39, 0.29) is 6.04 Å². The Labute approximate surface area is 86.1 Å². The van der Waals surface area contributed by atoms with Gasteiger partial charge in [0.1, 0.15) is 0 Å². The molecule has 1 saturated carbocycles. The van der Waals surface area contributed by atoms with Crippen molar-refractivity contribution < 1.29 is 5.11 Å². The SMILES string of the molecule is CC(CC#N)NCC1CCCC1CO. The molecule has 0 aliphatic heterocycles. The van der Waals surface area contributed by atoms with Crippen LogP contribution >= 0.6 is 0 Å². The zero-order chi connectivity index (χ0) is 10.4. The lowest BCUT2D eigenvalue weighted by Gasteiger charge is -2.19. The van der Waals surface area contributed by atoms with Gasteiger partial charge in [-0.1, -0.05) is 6.42 Å². The molecule has 0 aromatic rings. The third kappa shape index (κ3) is 3.28. The molecule has 0 bridgehead atoms. The molecule has 0 heterocycles. The fourth-order valence-electron chi connectivity index (χ4n) is 2.18. The van der Waals surface area contributed by atoms with Crippen molar-refractivity contribution in [3.05, 3.63) is 0 Å². The molecule has 0 saturated heterocycles. The second-order valence-corrected chi connectivity index (χ2v) is 4.31. The van der Waals surface area contributed by atoms with Gasteiger partial charge in [-0.15, -0.1) is 0 Å². The van der Waals surface area contributed by atoms with Gasteiger partial charge in [0.25, 0.3) is 0 Å². The van der Waals surface area contributed by atoms with Crippen molar-refractivity contribution in [3.63, 3.8) is 0 Å². The molecule has 2 N–H and O–H groups in total. The summed E-state index contributed by atoms with van der Waals surface area (Å²) >= 11 is 0. The Bertz CT molecular complexity index is 200. The fraction of sp³-hybridized carbons (Fsp3) is 0.909. The third-order valence-corrected chi connectivity index (χ3v) is 3.18. The highest BCUT2D eigenvalue weighted by molar-refractivity contribution is 4.82. The minimum atomic E-state index is 0.278. The first kappa shape index (κ1) is 11.5. The van der Waals surface area contributed by atoms with Gasteiger partial charge in [0.15, 0.2) is 0 Å². The largest absolute Gasteiger partial charge is 0.396 e. The Balaban J connectivity index is 2.20. The average molecular weight is 196 g/mol. The summed E-state index contributed by atoms with van der Waals surface area (Å²) in [6, 6.07) is 2.43. The standard InChI is InChI=1S/C11H20N2O/c1-9(5-6-12)13-7-10-3-2-4-11(10)8-14/h9-11,13-14H,2-5,7-8H2,1H3. The van der Waals surface area contributed by atoms with Crippen LogP contribution in [0.25, 0.3) is 0 Å². The molecule has 14 heavy (non-hydrogen) atoms. The summed E-state index contributed by atoms with van der Waals surface area (Å²) in [6.45, 7) is 3.30. The number of hydrogen-bond acceptors (Lipinski definition) is 3. The number of hydrogen-bond donors (Lipinski definition) is 2. The van der Waals surface area contributed by atoms with E-state index in [4.69, 9.17) is 10.4 Å². The van der Waals surface area contributed by atoms with E-state index >= 15 is 0 Å². The van der Waals surface area contributed by atoms with Crippen molar-refractivity contribution in [3.8, 4) is 6.07 Å². The van der Waals surface area contributed by atoms with E-state index in [1.165, 1.54) is 12.8 Å². The smallest absolute Gasteiger partial charge is 0.0638 e. The van der Waals surface area contributed by atoms with Crippen LogP contribution < -0.4 is 5.32 Å². The highest BCUT2D eigenvalue weighted by Gasteiger charge is 2.26. The number of nitrogens with zero attached hydrogens (tertiary/aromatic N) is 1. The van der Waals surface area contributed by atoms with Gasteiger partial charge in [-0.2, -0.15) is 5.26 Å². The fourth-order valence-corrected chi connectivity index (χ4v) is 2.18. The minimum Gasteiger partial charge on any atom is -0.396 e. The molecule has 3 atom stereocenters. The van der Waals surface area contributed by atoms with Crippen LogP contribution in [-0.4, -0.2) is 24.3 Å². The van der Waals surface area contributed by atoms with Gasteiger partial charge >= 0.3 is 0 Å². The van der Waals surface area contributed by atoms with Crippen LogP contribution in [0.3, 0.4) is 0 Å². The van der Waals surface area contributed by atoms with Crippen LogP contribution in [0.1, 0.15) is 32.6 Å². The van der Waals surface area contributed by atoms with Crippen LogP contribution in [0.2, 0.25) is 0 Å². The van der Waals surface area contributed by atoms with E-state index < -0.39 is 0 Å². The van der Waals surface area contributed by atoms with Crippen LogP contribution in [0.4, 0.5) is 0 Å². The Morgan fingerprint density at radius 3 is 2.86 bits per heavy atom. The maximum Gasteiger partial charge on any atom is 0.0638 e. The molecule has 3 nitrogen and oxygen atoms in total. The predicted octanol–water partition coefficient (Wildman–Crippen LogP) is 1.29. The highest BCUT2D eigenvalue weighted by atomic mass is 16.3. The van der Waals surface area contributed by atoms with Gasteiger partial charge in [-0.3, -0.25) is 0 Å². The van der Waals surface area contributed by atoms with Crippen molar-refractivity contribution in [1.82, 2.24) is 5.32 Å². The van der Waals surface area contributed by atoms with Crippen LogP contribution in [0.15, 0.2) is 0 Å². The Morgan fingerprint density at radius 2 is 2.21 bits per heavy atom. The monoisotopic (exact) mass is 196 g/mol. The van der Waals surface area contributed by atoms with Crippen molar-refractivity contribution >= 4 is 0 Å². The average Bonchev–Trinajstić information content (AvgIpc) is 2.62. The van der Waals surface area contributed by atoms with Crippen molar-refractivity contribution in [2.75, 3.05) is 13.2 Å². The van der Waals surface area contributed by atoms with Crippen molar-refractivity contribution in [1.29, 1.82) is 5.26 Å². The molecule has 1 rings (SSSR count). The lowest BCUT2D eigenvalue weighted by molar-refractivity contribution is 0.190. The van der Waals surface area contributed by atoms with E-state index in [2.05, 4.69) is 11.4 Å². The normalized spacial score (nSPS) is 28.6. The maximum atomic E-state index is 9.12. The summed E-state index contributed by atoms with van der Waals surface area (Å²) in [5.74, 6) is 1.10.